The van der Waals surface area contributed by atoms with Gasteiger partial charge in [-0.2, -0.15) is 0 Å². The molecular formula is C14H19NO2. The molecule has 1 atom stereocenters. The van der Waals surface area contributed by atoms with Crippen molar-refractivity contribution < 1.29 is 9.90 Å². The third-order valence-electron chi connectivity index (χ3n) is 3.73. The lowest BCUT2D eigenvalue weighted by molar-refractivity contribution is 0.0695. The van der Waals surface area contributed by atoms with Gasteiger partial charge >= 0.3 is 5.97 Å². The first kappa shape index (κ1) is 12.1. The van der Waals surface area contributed by atoms with Gasteiger partial charge < -0.3 is 10.0 Å². The molecule has 0 heterocycles. The summed E-state index contributed by atoms with van der Waals surface area (Å²) in [7, 11) is 0. The summed E-state index contributed by atoms with van der Waals surface area (Å²) in [6.07, 6.45) is 1.86. The Labute approximate surface area is 102 Å². The van der Waals surface area contributed by atoms with Crippen LogP contribution in [0.3, 0.4) is 0 Å². The van der Waals surface area contributed by atoms with Gasteiger partial charge in [-0.15, -0.1) is 0 Å². The zero-order valence-electron chi connectivity index (χ0n) is 10.4. The van der Waals surface area contributed by atoms with E-state index >= 15 is 0 Å². The van der Waals surface area contributed by atoms with E-state index in [1.165, 1.54) is 5.56 Å². The molecule has 0 fully saturated rings. The van der Waals surface area contributed by atoms with Crippen molar-refractivity contribution in [3.8, 4) is 0 Å². The molecule has 0 radical (unpaired) electrons. The van der Waals surface area contributed by atoms with Gasteiger partial charge in [0.15, 0.2) is 0 Å². The SMILES string of the molecule is CCN(CC)C1Cc2cccc(C(=O)O)c2C1. The fourth-order valence-corrected chi connectivity index (χ4v) is 2.83. The van der Waals surface area contributed by atoms with Gasteiger partial charge in [0.1, 0.15) is 0 Å². The summed E-state index contributed by atoms with van der Waals surface area (Å²) in [6, 6.07) is 6.10. The monoisotopic (exact) mass is 233 g/mol. The standard InChI is InChI=1S/C14H19NO2/c1-3-15(4-2)11-8-10-6-5-7-12(14(16)17)13(10)9-11/h5-7,11H,3-4,8-9H2,1-2H3,(H,16,17). The minimum absolute atomic E-state index is 0.473. The molecule has 0 spiro atoms. The van der Waals surface area contributed by atoms with E-state index < -0.39 is 5.97 Å². The molecule has 0 aromatic heterocycles. The largest absolute Gasteiger partial charge is 0.478 e. The average Bonchev–Trinajstić information content (AvgIpc) is 2.73. The minimum Gasteiger partial charge on any atom is -0.478 e. The first-order chi connectivity index (χ1) is 8.17. The van der Waals surface area contributed by atoms with E-state index in [0.29, 0.717) is 11.6 Å². The van der Waals surface area contributed by atoms with E-state index in [4.69, 9.17) is 0 Å². The van der Waals surface area contributed by atoms with Crippen LogP contribution in [0.15, 0.2) is 18.2 Å². The third-order valence-corrected chi connectivity index (χ3v) is 3.73. The van der Waals surface area contributed by atoms with Crippen molar-refractivity contribution in [2.24, 2.45) is 0 Å². The molecule has 1 aromatic rings. The van der Waals surface area contributed by atoms with Crippen LogP contribution in [0.2, 0.25) is 0 Å². The second kappa shape index (κ2) is 4.88. The number of rotatable bonds is 4. The number of likely N-dealkylation sites (N-methyl/N-ethyl adjacent to an activating group) is 1. The number of fused-ring (bicyclic) bond motifs is 1. The lowest BCUT2D eigenvalue weighted by Gasteiger charge is -2.25. The molecule has 1 aromatic carbocycles. The maximum Gasteiger partial charge on any atom is 0.335 e. The first-order valence-corrected chi connectivity index (χ1v) is 6.25. The zero-order chi connectivity index (χ0) is 12.4. The summed E-state index contributed by atoms with van der Waals surface area (Å²) >= 11 is 0. The highest BCUT2D eigenvalue weighted by molar-refractivity contribution is 5.90. The van der Waals surface area contributed by atoms with Crippen molar-refractivity contribution in [2.75, 3.05) is 13.1 Å². The molecule has 1 aliphatic carbocycles. The number of hydrogen-bond acceptors (Lipinski definition) is 2. The zero-order valence-corrected chi connectivity index (χ0v) is 10.4. The van der Waals surface area contributed by atoms with Gasteiger partial charge in [0, 0.05) is 6.04 Å². The Hall–Kier alpha value is -1.35. The molecule has 0 aliphatic heterocycles. The highest BCUT2D eigenvalue weighted by Crippen LogP contribution is 2.28. The first-order valence-electron chi connectivity index (χ1n) is 6.25. The second-order valence-corrected chi connectivity index (χ2v) is 4.53. The van der Waals surface area contributed by atoms with Gasteiger partial charge in [-0.05, 0) is 43.1 Å². The molecule has 0 saturated heterocycles. The van der Waals surface area contributed by atoms with Crippen molar-refractivity contribution in [1.82, 2.24) is 4.90 Å². The van der Waals surface area contributed by atoms with Crippen molar-refractivity contribution in [3.05, 3.63) is 34.9 Å². The number of carboxylic acids is 1. The molecule has 2 rings (SSSR count). The lowest BCUT2D eigenvalue weighted by Crippen LogP contribution is -2.35. The van der Waals surface area contributed by atoms with Gasteiger partial charge in [0.05, 0.1) is 5.56 Å². The summed E-state index contributed by atoms with van der Waals surface area (Å²) in [6.45, 7) is 6.37. The Balaban J connectivity index is 2.27. The van der Waals surface area contributed by atoms with Gasteiger partial charge in [0.25, 0.3) is 0 Å². The normalized spacial score (nSPS) is 18.4. The van der Waals surface area contributed by atoms with Gasteiger partial charge in [-0.3, -0.25) is 0 Å². The molecule has 17 heavy (non-hydrogen) atoms. The molecule has 0 bridgehead atoms. The van der Waals surface area contributed by atoms with E-state index in [1.807, 2.05) is 6.07 Å². The van der Waals surface area contributed by atoms with Crippen LogP contribution in [0.1, 0.15) is 35.3 Å². The maximum atomic E-state index is 11.2. The number of benzene rings is 1. The minimum atomic E-state index is -0.804. The van der Waals surface area contributed by atoms with Crippen molar-refractivity contribution in [1.29, 1.82) is 0 Å². The molecule has 3 heteroatoms. The van der Waals surface area contributed by atoms with E-state index in [0.717, 1.165) is 31.5 Å². The fourth-order valence-electron chi connectivity index (χ4n) is 2.83. The number of aromatic carboxylic acids is 1. The highest BCUT2D eigenvalue weighted by Gasteiger charge is 2.28. The molecule has 3 nitrogen and oxygen atoms in total. The molecule has 0 amide bonds. The van der Waals surface area contributed by atoms with Gasteiger partial charge in [-0.1, -0.05) is 26.0 Å². The Kier molecular flexibility index (Phi) is 3.48. The summed E-state index contributed by atoms with van der Waals surface area (Å²) in [5, 5.41) is 9.17. The Bertz CT molecular complexity index is 424. The van der Waals surface area contributed by atoms with Crippen LogP contribution in [0.5, 0.6) is 0 Å². The Morgan fingerprint density at radius 3 is 2.65 bits per heavy atom. The van der Waals surface area contributed by atoms with Crippen molar-refractivity contribution in [3.63, 3.8) is 0 Å². The van der Waals surface area contributed by atoms with E-state index in [-0.39, 0.29) is 0 Å². The maximum absolute atomic E-state index is 11.2. The van der Waals surface area contributed by atoms with Crippen LogP contribution < -0.4 is 0 Å². The van der Waals surface area contributed by atoms with Crippen LogP contribution in [-0.2, 0) is 12.8 Å². The second-order valence-electron chi connectivity index (χ2n) is 4.53. The van der Waals surface area contributed by atoms with E-state index in [1.54, 1.807) is 6.07 Å². The number of nitrogens with zero attached hydrogens (tertiary/aromatic N) is 1. The number of carbonyl (C=O) groups is 1. The molecule has 0 saturated carbocycles. The molecule has 1 N–H and O–H groups in total. The van der Waals surface area contributed by atoms with Crippen molar-refractivity contribution >= 4 is 5.97 Å². The smallest absolute Gasteiger partial charge is 0.335 e. The molecule has 1 aliphatic rings. The average molecular weight is 233 g/mol. The van der Waals surface area contributed by atoms with Crippen molar-refractivity contribution in [2.45, 2.75) is 32.7 Å². The van der Waals surface area contributed by atoms with Crippen LogP contribution in [-0.4, -0.2) is 35.1 Å². The van der Waals surface area contributed by atoms with Gasteiger partial charge in [-0.25, -0.2) is 4.79 Å². The number of carboxylic acid groups (broad SMARTS) is 1. The van der Waals surface area contributed by atoms with Crippen LogP contribution in [0.25, 0.3) is 0 Å². The summed E-state index contributed by atoms with van der Waals surface area (Å²) in [4.78, 5) is 13.6. The topological polar surface area (TPSA) is 40.5 Å². The molecular weight excluding hydrogens is 214 g/mol. The fraction of sp³-hybridized carbons (Fsp3) is 0.500. The predicted molar refractivity (Wildman–Crippen MR) is 67.5 cm³/mol. The predicted octanol–water partition coefficient (Wildman–Crippen LogP) is 2.19. The summed E-state index contributed by atoms with van der Waals surface area (Å²) in [5.41, 5.74) is 2.73. The Morgan fingerprint density at radius 2 is 2.06 bits per heavy atom. The van der Waals surface area contributed by atoms with E-state index in [2.05, 4.69) is 24.8 Å². The molecule has 1 unspecified atom stereocenters. The van der Waals surface area contributed by atoms with Crippen LogP contribution in [0, 0.1) is 0 Å². The van der Waals surface area contributed by atoms with E-state index in [9.17, 15) is 9.90 Å². The quantitative estimate of drug-likeness (QED) is 0.866. The number of hydrogen-bond donors (Lipinski definition) is 1. The van der Waals surface area contributed by atoms with Gasteiger partial charge in [0.2, 0.25) is 0 Å². The third kappa shape index (κ3) is 2.20. The summed E-state index contributed by atoms with van der Waals surface area (Å²) < 4.78 is 0. The van der Waals surface area contributed by atoms with Crippen LogP contribution in [0.4, 0.5) is 0 Å². The lowest BCUT2D eigenvalue weighted by atomic mass is 10.0. The molecule has 92 valence electrons. The van der Waals surface area contributed by atoms with Crippen LogP contribution >= 0.6 is 0 Å². The Morgan fingerprint density at radius 1 is 1.35 bits per heavy atom. The summed E-state index contributed by atoms with van der Waals surface area (Å²) in [5.74, 6) is -0.804. The highest BCUT2D eigenvalue weighted by atomic mass is 16.4.